The molecule has 0 aromatic heterocycles. The molecule has 1 aliphatic rings. The first kappa shape index (κ1) is 11.2. The molecule has 14 heavy (non-hydrogen) atoms. The van der Waals surface area contributed by atoms with Crippen molar-refractivity contribution in [1.82, 2.24) is 10.2 Å². The number of carbonyl (C=O) groups excluding carboxylic acids is 1. The van der Waals surface area contributed by atoms with Gasteiger partial charge >= 0.3 is 0 Å². The van der Waals surface area contributed by atoms with Crippen molar-refractivity contribution in [2.24, 2.45) is 0 Å². The summed E-state index contributed by atoms with van der Waals surface area (Å²) >= 11 is 0. The van der Waals surface area contributed by atoms with Gasteiger partial charge in [0.15, 0.2) is 5.78 Å². The molecular formula is C11H20N2O. The molecular weight excluding hydrogens is 176 g/mol. The lowest BCUT2D eigenvalue weighted by molar-refractivity contribution is -0.127. The van der Waals surface area contributed by atoms with Crippen LogP contribution >= 0.6 is 0 Å². The molecule has 3 nitrogen and oxygen atoms in total. The third kappa shape index (κ3) is 2.15. The molecule has 1 aliphatic heterocycles. The molecule has 2 atom stereocenters. The second-order valence-corrected chi connectivity index (χ2v) is 3.81. The third-order valence-corrected chi connectivity index (χ3v) is 2.87. The Labute approximate surface area is 86.2 Å². The summed E-state index contributed by atoms with van der Waals surface area (Å²) in [6, 6.07) is -0.0457. The topological polar surface area (TPSA) is 32.3 Å². The molecule has 1 heterocycles. The van der Waals surface area contributed by atoms with Crippen molar-refractivity contribution in [2.75, 3.05) is 13.1 Å². The van der Waals surface area contributed by atoms with Gasteiger partial charge in [0.05, 0.1) is 12.1 Å². The van der Waals surface area contributed by atoms with Crippen LogP contribution in [0.2, 0.25) is 0 Å². The minimum atomic E-state index is -0.0816. The summed E-state index contributed by atoms with van der Waals surface area (Å²) in [5.74, 6) is 0.293. The van der Waals surface area contributed by atoms with Gasteiger partial charge < -0.3 is 5.32 Å². The number of ketones is 1. The first-order valence-electron chi connectivity index (χ1n) is 5.32. The van der Waals surface area contributed by atoms with Crippen LogP contribution in [-0.4, -0.2) is 35.9 Å². The van der Waals surface area contributed by atoms with E-state index in [4.69, 9.17) is 0 Å². The molecule has 1 N–H and O–H groups in total. The van der Waals surface area contributed by atoms with E-state index in [1.807, 2.05) is 6.92 Å². The van der Waals surface area contributed by atoms with Gasteiger partial charge in [0.1, 0.15) is 0 Å². The SMILES string of the molecule is C=C1C[C@@H](N(CC)CC)C(=O)C(C)N1. The van der Waals surface area contributed by atoms with E-state index in [0.717, 1.165) is 25.2 Å². The molecule has 3 heteroatoms. The van der Waals surface area contributed by atoms with Crippen LogP contribution in [0.3, 0.4) is 0 Å². The van der Waals surface area contributed by atoms with Crippen molar-refractivity contribution in [3.8, 4) is 0 Å². The van der Waals surface area contributed by atoms with E-state index in [2.05, 4.69) is 30.6 Å². The maximum absolute atomic E-state index is 11.9. The Morgan fingerprint density at radius 1 is 1.50 bits per heavy atom. The number of hydrogen-bond donors (Lipinski definition) is 1. The predicted molar refractivity (Wildman–Crippen MR) is 58.1 cm³/mol. The monoisotopic (exact) mass is 196 g/mol. The largest absolute Gasteiger partial charge is 0.379 e. The molecule has 1 saturated heterocycles. The molecule has 0 radical (unpaired) electrons. The fourth-order valence-electron chi connectivity index (χ4n) is 2.03. The van der Waals surface area contributed by atoms with Gasteiger partial charge in [-0.1, -0.05) is 20.4 Å². The van der Waals surface area contributed by atoms with Crippen molar-refractivity contribution in [3.05, 3.63) is 12.3 Å². The highest BCUT2D eigenvalue weighted by Gasteiger charge is 2.32. The minimum absolute atomic E-state index is 0.0359. The fourth-order valence-corrected chi connectivity index (χ4v) is 2.03. The zero-order valence-corrected chi connectivity index (χ0v) is 9.34. The molecule has 1 unspecified atom stereocenters. The summed E-state index contributed by atoms with van der Waals surface area (Å²) in [7, 11) is 0. The average Bonchev–Trinajstić information content (AvgIpc) is 2.15. The first-order chi connectivity index (χ1) is 6.60. The molecule has 0 aliphatic carbocycles. The van der Waals surface area contributed by atoms with E-state index in [1.54, 1.807) is 0 Å². The maximum Gasteiger partial charge on any atom is 0.172 e. The van der Waals surface area contributed by atoms with E-state index in [1.165, 1.54) is 0 Å². The lowest BCUT2D eigenvalue weighted by Gasteiger charge is -2.35. The number of carbonyl (C=O) groups is 1. The van der Waals surface area contributed by atoms with Crippen molar-refractivity contribution in [3.63, 3.8) is 0 Å². The van der Waals surface area contributed by atoms with Gasteiger partial charge in [-0.2, -0.15) is 0 Å². The minimum Gasteiger partial charge on any atom is -0.379 e. The molecule has 0 aromatic rings. The maximum atomic E-state index is 11.9. The Kier molecular flexibility index (Phi) is 3.69. The molecule has 0 amide bonds. The standard InChI is InChI=1S/C11H20N2O/c1-5-13(6-2)10-7-8(3)12-9(4)11(10)14/h9-10,12H,3,5-7H2,1-2,4H3/t9?,10-/m1/s1. The van der Waals surface area contributed by atoms with Gasteiger partial charge in [-0.3, -0.25) is 9.69 Å². The van der Waals surface area contributed by atoms with Gasteiger partial charge in [0, 0.05) is 12.1 Å². The van der Waals surface area contributed by atoms with E-state index < -0.39 is 0 Å². The molecule has 80 valence electrons. The van der Waals surface area contributed by atoms with Crippen LogP contribution in [0.5, 0.6) is 0 Å². The molecule has 1 rings (SSSR count). The van der Waals surface area contributed by atoms with Crippen LogP contribution in [0, 0.1) is 0 Å². The number of hydrogen-bond acceptors (Lipinski definition) is 3. The van der Waals surface area contributed by atoms with Crippen molar-refractivity contribution in [1.29, 1.82) is 0 Å². The van der Waals surface area contributed by atoms with E-state index in [0.29, 0.717) is 5.78 Å². The van der Waals surface area contributed by atoms with E-state index in [-0.39, 0.29) is 12.1 Å². The molecule has 0 spiro atoms. The number of rotatable bonds is 3. The Hall–Kier alpha value is -0.830. The lowest BCUT2D eigenvalue weighted by Crippen LogP contribution is -2.53. The molecule has 1 fully saturated rings. The Bertz CT molecular complexity index is 233. The summed E-state index contributed by atoms with van der Waals surface area (Å²) < 4.78 is 0. The number of likely N-dealkylation sites (N-methyl/N-ethyl adjacent to an activating group) is 1. The summed E-state index contributed by atoms with van der Waals surface area (Å²) in [5.41, 5.74) is 0.981. The van der Waals surface area contributed by atoms with Crippen LogP contribution in [0.4, 0.5) is 0 Å². The quantitative estimate of drug-likeness (QED) is 0.735. The summed E-state index contributed by atoms with van der Waals surface area (Å²) in [5, 5.41) is 3.09. The smallest absolute Gasteiger partial charge is 0.172 e. The Morgan fingerprint density at radius 3 is 2.57 bits per heavy atom. The van der Waals surface area contributed by atoms with E-state index >= 15 is 0 Å². The number of nitrogens with one attached hydrogen (secondary N) is 1. The predicted octanol–water partition coefficient (Wildman–Crippen LogP) is 1.16. The van der Waals surface area contributed by atoms with Crippen LogP contribution in [0.1, 0.15) is 27.2 Å². The Balaban J connectivity index is 2.74. The van der Waals surface area contributed by atoms with Crippen LogP contribution in [0.25, 0.3) is 0 Å². The highest BCUT2D eigenvalue weighted by molar-refractivity contribution is 5.90. The summed E-state index contributed by atoms with van der Waals surface area (Å²) in [6.45, 7) is 11.8. The highest BCUT2D eigenvalue weighted by atomic mass is 16.1. The van der Waals surface area contributed by atoms with Gasteiger partial charge in [-0.15, -0.1) is 0 Å². The van der Waals surface area contributed by atoms with Crippen LogP contribution in [0.15, 0.2) is 12.3 Å². The van der Waals surface area contributed by atoms with Crippen LogP contribution in [-0.2, 0) is 4.79 Å². The summed E-state index contributed by atoms with van der Waals surface area (Å²) in [4.78, 5) is 14.1. The number of nitrogens with zero attached hydrogens (tertiary/aromatic N) is 1. The first-order valence-corrected chi connectivity index (χ1v) is 5.32. The van der Waals surface area contributed by atoms with Gasteiger partial charge in [0.25, 0.3) is 0 Å². The van der Waals surface area contributed by atoms with Gasteiger partial charge in [0.2, 0.25) is 0 Å². The zero-order valence-electron chi connectivity index (χ0n) is 9.34. The van der Waals surface area contributed by atoms with Crippen molar-refractivity contribution < 1.29 is 4.79 Å². The van der Waals surface area contributed by atoms with Gasteiger partial charge in [-0.25, -0.2) is 0 Å². The fraction of sp³-hybridized carbons (Fsp3) is 0.727. The van der Waals surface area contributed by atoms with Crippen LogP contribution < -0.4 is 5.32 Å². The second-order valence-electron chi connectivity index (χ2n) is 3.81. The number of Topliss-reactive ketones (excluding diaryl/α,β-unsaturated/α-hetero) is 1. The highest BCUT2D eigenvalue weighted by Crippen LogP contribution is 2.17. The molecule has 0 saturated carbocycles. The number of piperidine rings is 1. The van der Waals surface area contributed by atoms with Gasteiger partial charge in [-0.05, 0) is 20.0 Å². The average molecular weight is 196 g/mol. The third-order valence-electron chi connectivity index (χ3n) is 2.87. The van der Waals surface area contributed by atoms with E-state index in [9.17, 15) is 4.79 Å². The molecule has 0 bridgehead atoms. The summed E-state index contributed by atoms with van der Waals surface area (Å²) in [6.07, 6.45) is 0.755. The van der Waals surface area contributed by atoms with Crippen molar-refractivity contribution in [2.45, 2.75) is 39.3 Å². The van der Waals surface area contributed by atoms with Crippen molar-refractivity contribution >= 4 is 5.78 Å². The normalized spacial score (nSPS) is 28.0. The molecule has 0 aromatic carbocycles. The second kappa shape index (κ2) is 4.60. The zero-order chi connectivity index (χ0) is 10.7. The lowest BCUT2D eigenvalue weighted by atomic mass is 9.95. The Morgan fingerprint density at radius 2 is 2.07 bits per heavy atom.